The lowest BCUT2D eigenvalue weighted by atomic mass is 9.88. The molecule has 1 aliphatic carbocycles. The zero-order chi connectivity index (χ0) is 13.8. The van der Waals surface area contributed by atoms with Crippen molar-refractivity contribution >= 4 is 23.1 Å². The second kappa shape index (κ2) is 6.48. The molecule has 18 heavy (non-hydrogen) atoms. The number of likely N-dealkylation sites (N-methyl/N-ethyl adjacent to an activating group) is 1. The van der Waals surface area contributed by atoms with Gasteiger partial charge in [-0.05, 0) is 39.3 Å². The number of hydrogen-bond acceptors (Lipinski definition) is 3. The van der Waals surface area contributed by atoms with Gasteiger partial charge in [0.05, 0.1) is 11.5 Å². The monoisotopic (exact) mass is 271 g/mol. The quantitative estimate of drug-likeness (QED) is 0.653. The Morgan fingerprint density at radius 1 is 1.50 bits per heavy atom. The summed E-state index contributed by atoms with van der Waals surface area (Å²) in [5.74, 6) is 0.133. The number of carbonyl (C=O) groups excluding carboxylic acids is 1. The maximum atomic E-state index is 11.6. The third kappa shape index (κ3) is 5.78. The lowest BCUT2D eigenvalue weighted by molar-refractivity contribution is -0.122. The fourth-order valence-corrected chi connectivity index (χ4v) is 1.84. The molecule has 1 rings (SSSR count). The molecule has 0 heterocycles. The molecular formula is C13H25N3OS. The number of nitrogens with zero attached hydrogens (tertiary/aromatic N) is 1. The van der Waals surface area contributed by atoms with Crippen LogP contribution in [0.15, 0.2) is 0 Å². The van der Waals surface area contributed by atoms with Crippen molar-refractivity contribution in [2.75, 3.05) is 20.1 Å². The van der Waals surface area contributed by atoms with Gasteiger partial charge in [-0.3, -0.25) is 9.69 Å². The standard InChI is InChI=1S/C13H25N3OS/c1-13(2,12(14)18)7-4-8-16(3)9-11(17)15-10-5-6-10/h10H,4-9H2,1-3H3,(H2,14,18)(H,15,17). The average molecular weight is 271 g/mol. The predicted octanol–water partition coefficient (Wildman–Crippen LogP) is 1.29. The first kappa shape index (κ1) is 15.4. The molecule has 0 unspecified atom stereocenters. The van der Waals surface area contributed by atoms with Crippen LogP contribution in [-0.2, 0) is 4.79 Å². The Bertz CT molecular complexity index is 313. The topological polar surface area (TPSA) is 58.4 Å². The van der Waals surface area contributed by atoms with Crippen molar-refractivity contribution in [2.24, 2.45) is 11.1 Å². The van der Waals surface area contributed by atoms with Gasteiger partial charge in [0, 0.05) is 11.5 Å². The number of amides is 1. The van der Waals surface area contributed by atoms with E-state index in [2.05, 4.69) is 19.2 Å². The van der Waals surface area contributed by atoms with Gasteiger partial charge in [-0.15, -0.1) is 0 Å². The smallest absolute Gasteiger partial charge is 0.234 e. The third-order valence-electron chi connectivity index (χ3n) is 3.36. The maximum absolute atomic E-state index is 11.6. The number of rotatable bonds is 8. The minimum atomic E-state index is -0.0908. The summed E-state index contributed by atoms with van der Waals surface area (Å²) in [6.07, 6.45) is 4.23. The summed E-state index contributed by atoms with van der Waals surface area (Å²) in [6.45, 7) is 5.50. The van der Waals surface area contributed by atoms with E-state index in [1.807, 2.05) is 11.9 Å². The number of nitrogens with two attached hydrogens (primary N) is 1. The Morgan fingerprint density at radius 2 is 2.11 bits per heavy atom. The number of carbonyl (C=O) groups is 1. The molecule has 5 heteroatoms. The van der Waals surface area contributed by atoms with Crippen LogP contribution < -0.4 is 11.1 Å². The Kier molecular flexibility index (Phi) is 5.53. The van der Waals surface area contributed by atoms with Crippen LogP contribution in [0.3, 0.4) is 0 Å². The Balaban J connectivity index is 2.14. The Hall–Kier alpha value is -0.680. The molecule has 1 amide bonds. The molecule has 0 atom stereocenters. The van der Waals surface area contributed by atoms with Crippen LogP contribution in [0, 0.1) is 5.41 Å². The molecule has 0 spiro atoms. The van der Waals surface area contributed by atoms with E-state index in [9.17, 15) is 4.79 Å². The molecule has 1 aliphatic rings. The molecule has 4 nitrogen and oxygen atoms in total. The second-order valence-electron chi connectivity index (χ2n) is 5.93. The van der Waals surface area contributed by atoms with E-state index >= 15 is 0 Å². The van der Waals surface area contributed by atoms with E-state index in [0.29, 0.717) is 17.6 Å². The highest BCUT2D eigenvalue weighted by Crippen LogP contribution is 2.22. The third-order valence-corrected chi connectivity index (χ3v) is 3.92. The normalized spacial score (nSPS) is 15.8. The van der Waals surface area contributed by atoms with Crippen LogP contribution in [-0.4, -0.2) is 42.0 Å². The van der Waals surface area contributed by atoms with E-state index in [-0.39, 0.29) is 11.3 Å². The molecule has 104 valence electrons. The van der Waals surface area contributed by atoms with Gasteiger partial charge in [0.2, 0.25) is 5.91 Å². The van der Waals surface area contributed by atoms with Gasteiger partial charge < -0.3 is 11.1 Å². The van der Waals surface area contributed by atoms with Crippen molar-refractivity contribution in [1.82, 2.24) is 10.2 Å². The highest BCUT2D eigenvalue weighted by Gasteiger charge is 2.24. The Morgan fingerprint density at radius 3 is 2.61 bits per heavy atom. The fraction of sp³-hybridized carbons (Fsp3) is 0.846. The average Bonchev–Trinajstić information content (AvgIpc) is 3.00. The minimum Gasteiger partial charge on any atom is -0.393 e. The summed E-state index contributed by atoms with van der Waals surface area (Å²) in [5.41, 5.74) is 5.59. The molecule has 0 aromatic heterocycles. The molecular weight excluding hydrogens is 246 g/mol. The molecule has 0 aromatic rings. The van der Waals surface area contributed by atoms with Crippen molar-refractivity contribution in [1.29, 1.82) is 0 Å². The second-order valence-corrected chi connectivity index (χ2v) is 6.37. The van der Waals surface area contributed by atoms with Gasteiger partial charge in [0.15, 0.2) is 0 Å². The van der Waals surface area contributed by atoms with Gasteiger partial charge in [0.25, 0.3) is 0 Å². The van der Waals surface area contributed by atoms with Crippen LogP contribution >= 0.6 is 12.2 Å². The highest BCUT2D eigenvalue weighted by molar-refractivity contribution is 7.80. The summed E-state index contributed by atoms with van der Waals surface area (Å²) in [5, 5.41) is 2.99. The van der Waals surface area contributed by atoms with E-state index in [4.69, 9.17) is 18.0 Å². The van der Waals surface area contributed by atoms with Crippen LogP contribution in [0.2, 0.25) is 0 Å². The van der Waals surface area contributed by atoms with Crippen LogP contribution in [0.1, 0.15) is 39.5 Å². The van der Waals surface area contributed by atoms with Crippen LogP contribution in [0.5, 0.6) is 0 Å². The SMILES string of the molecule is CN(CCCC(C)(C)C(N)=S)CC(=O)NC1CC1. The van der Waals surface area contributed by atoms with E-state index < -0.39 is 0 Å². The molecule has 1 saturated carbocycles. The summed E-state index contributed by atoms with van der Waals surface area (Å²) in [6, 6.07) is 0.444. The van der Waals surface area contributed by atoms with E-state index in [1.54, 1.807) is 0 Å². The van der Waals surface area contributed by atoms with Crippen molar-refractivity contribution in [3.05, 3.63) is 0 Å². The van der Waals surface area contributed by atoms with Crippen molar-refractivity contribution in [3.63, 3.8) is 0 Å². The van der Waals surface area contributed by atoms with Crippen LogP contribution in [0.4, 0.5) is 0 Å². The molecule has 0 aromatic carbocycles. The minimum absolute atomic E-state index is 0.0908. The first-order valence-electron chi connectivity index (χ1n) is 6.59. The zero-order valence-corrected chi connectivity index (χ0v) is 12.5. The molecule has 0 aliphatic heterocycles. The molecule has 0 radical (unpaired) electrons. The van der Waals surface area contributed by atoms with E-state index in [0.717, 1.165) is 32.2 Å². The van der Waals surface area contributed by atoms with Crippen molar-refractivity contribution in [2.45, 2.75) is 45.6 Å². The molecule has 3 N–H and O–H groups in total. The van der Waals surface area contributed by atoms with Crippen molar-refractivity contribution in [3.8, 4) is 0 Å². The van der Waals surface area contributed by atoms with Gasteiger partial charge in [-0.2, -0.15) is 0 Å². The summed E-state index contributed by atoms with van der Waals surface area (Å²) in [4.78, 5) is 14.2. The largest absolute Gasteiger partial charge is 0.393 e. The van der Waals surface area contributed by atoms with Gasteiger partial charge in [-0.25, -0.2) is 0 Å². The first-order valence-corrected chi connectivity index (χ1v) is 7.00. The van der Waals surface area contributed by atoms with Crippen molar-refractivity contribution < 1.29 is 4.79 Å². The number of nitrogens with one attached hydrogen (secondary N) is 1. The lowest BCUT2D eigenvalue weighted by Gasteiger charge is -2.24. The first-order chi connectivity index (χ1) is 8.31. The van der Waals surface area contributed by atoms with Gasteiger partial charge in [-0.1, -0.05) is 26.1 Å². The molecule has 0 saturated heterocycles. The maximum Gasteiger partial charge on any atom is 0.234 e. The summed E-state index contributed by atoms with van der Waals surface area (Å²) in [7, 11) is 1.97. The fourth-order valence-electron chi connectivity index (χ4n) is 1.74. The lowest BCUT2D eigenvalue weighted by Crippen LogP contribution is -2.37. The van der Waals surface area contributed by atoms with E-state index in [1.165, 1.54) is 0 Å². The number of hydrogen-bond donors (Lipinski definition) is 2. The molecule has 1 fully saturated rings. The summed E-state index contributed by atoms with van der Waals surface area (Å²) < 4.78 is 0. The van der Waals surface area contributed by atoms with Gasteiger partial charge in [0.1, 0.15) is 0 Å². The predicted molar refractivity (Wildman–Crippen MR) is 78.5 cm³/mol. The number of thiocarbonyl (C=S) groups is 1. The van der Waals surface area contributed by atoms with Crippen LogP contribution in [0.25, 0.3) is 0 Å². The highest BCUT2D eigenvalue weighted by atomic mass is 32.1. The zero-order valence-electron chi connectivity index (χ0n) is 11.7. The van der Waals surface area contributed by atoms with Gasteiger partial charge >= 0.3 is 0 Å². The Labute approximate surface area is 115 Å². The molecule has 0 bridgehead atoms. The summed E-state index contributed by atoms with van der Waals surface area (Å²) >= 11 is 5.04.